The molecular weight excluding hydrogens is 415 g/mol. The molecule has 1 aliphatic carbocycles. The molecular formula is C25H30F3N3O. The fourth-order valence-corrected chi connectivity index (χ4v) is 5.12. The number of pyridine rings is 1. The van der Waals surface area contributed by atoms with Gasteiger partial charge in [-0.15, -0.1) is 0 Å². The molecule has 32 heavy (non-hydrogen) atoms. The summed E-state index contributed by atoms with van der Waals surface area (Å²) in [6, 6.07) is 5.35. The number of benzene rings is 1. The van der Waals surface area contributed by atoms with Gasteiger partial charge in [-0.3, -0.25) is 9.78 Å². The number of halogens is 3. The van der Waals surface area contributed by atoms with Gasteiger partial charge in [-0.25, -0.2) is 13.2 Å². The van der Waals surface area contributed by atoms with Crippen LogP contribution in [0.25, 0.3) is 0 Å². The first kappa shape index (κ1) is 22.8. The third kappa shape index (κ3) is 5.49. The number of amides is 1. The molecule has 0 spiro atoms. The normalized spacial score (nSPS) is 20.3. The predicted molar refractivity (Wildman–Crippen MR) is 116 cm³/mol. The van der Waals surface area contributed by atoms with Crippen LogP contribution in [0.2, 0.25) is 0 Å². The van der Waals surface area contributed by atoms with Crippen molar-refractivity contribution >= 4 is 5.91 Å². The van der Waals surface area contributed by atoms with Crippen molar-refractivity contribution in [2.24, 2.45) is 5.92 Å². The fourth-order valence-electron chi connectivity index (χ4n) is 5.12. The van der Waals surface area contributed by atoms with Crippen LogP contribution in [0.4, 0.5) is 13.2 Å². The molecule has 1 aromatic heterocycles. The molecule has 4 nitrogen and oxygen atoms in total. The van der Waals surface area contributed by atoms with Crippen LogP contribution in [0.5, 0.6) is 0 Å². The number of aromatic nitrogens is 1. The second kappa shape index (κ2) is 10.5. The first-order chi connectivity index (χ1) is 15.5. The highest BCUT2D eigenvalue weighted by Gasteiger charge is 2.30. The molecule has 172 valence electrons. The zero-order valence-electron chi connectivity index (χ0n) is 18.3. The summed E-state index contributed by atoms with van der Waals surface area (Å²) in [5.74, 6) is -3.94. The minimum absolute atomic E-state index is 0.241. The van der Waals surface area contributed by atoms with Crippen LogP contribution in [0.15, 0.2) is 36.7 Å². The van der Waals surface area contributed by atoms with Crippen LogP contribution in [-0.4, -0.2) is 46.4 Å². The number of nitrogens with zero attached hydrogens (tertiary/aromatic N) is 3. The Labute approximate surface area is 187 Å². The maximum Gasteiger partial charge on any atom is 0.257 e. The molecule has 1 aliphatic heterocycles. The first-order valence-electron chi connectivity index (χ1n) is 11.6. The van der Waals surface area contributed by atoms with Crippen LogP contribution < -0.4 is 0 Å². The van der Waals surface area contributed by atoms with Crippen LogP contribution in [0.1, 0.15) is 60.9 Å². The Bertz CT molecular complexity index is 918. The third-order valence-corrected chi connectivity index (χ3v) is 6.74. The van der Waals surface area contributed by atoms with E-state index in [2.05, 4.69) is 9.88 Å². The summed E-state index contributed by atoms with van der Waals surface area (Å²) >= 11 is 0. The average molecular weight is 446 g/mol. The second-order valence-electron chi connectivity index (χ2n) is 9.09. The van der Waals surface area contributed by atoms with E-state index in [0.717, 1.165) is 31.5 Å². The summed E-state index contributed by atoms with van der Waals surface area (Å²) in [6.07, 6.45) is 11.7. The van der Waals surface area contributed by atoms with E-state index in [-0.39, 0.29) is 12.5 Å². The molecule has 0 N–H and O–H groups in total. The highest BCUT2D eigenvalue weighted by Crippen LogP contribution is 2.28. The highest BCUT2D eigenvalue weighted by molar-refractivity contribution is 5.94. The number of carbonyl (C=O) groups is 1. The molecule has 1 saturated carbocycles. The lowest BCUT2D eigenvalue weighted by atomic mass is 9.90. The van der Waals surface area contributed by atoms with Gasteiger partial charge >= 0.3 is 0 Å². The molecule has 2 aromatic rings. The lowest BCUT2D eigenvalue weighted by Crippen LogP contribution is -2.47. The number of carbonyl (C=O) groups excluding carboxylic acids is 1. The molecule has 0 bridgehead atoms. The SMILES string of the molecule is O=C(c1cc(F)c(F)cc1F)N(Cc1cccnc1)C[C@H]1CCCN(C2CCCCC2)C1. The van der Waals surface area contributed by atoms with E-state index >= 15 is 0 Å². The topological polar surface area (TPSA) is 36.4 Å². The quantitative estimate of drug-likeness (QED) is 0.575. The second-order valence-corrected chi connectivity index (χ2v) is 9.09. The lowest BCUT2D eigenvalue weighted by Gasteiger charge is -2.41. The maximum atomic E-state index is 14.4. The van der Waals surface area contributed by atoms with Crippen LogP contribution in [0, 0.1) is 23.4 Å². The summed E-state index contributed by atoms with van der Waals surface area (Å²) < 4.78 is 41.6. The number of likely N-dealkylation sites (tertiary alicyclic amines) is 1. The van der Waals surface area contributed by atoms with Crippen molar-refractivity contribution in [1.29, 1.82) is 0 Å². The first-order valence-corrected chi connectivity index (χ1v) is 11.6. The van der Waals surface area contributed by atoms with E-state index in [0.29, 0.717) is 24.7 Å². The number of rotatable bonds is 6. The lowest BCUT2D eigenvalue weighted by molar-refractivity contribution is 0.0579. The standard InChI is InChI=1S/C25H30F3N3O/c26-22-13-24(28)23(27)12-21(22)25(32)31(15-18-6-4-10-29-14-18)17-19-7-5-11-30(16-19)20-8-2-1-3-9-20/h4,6,10,12-14,19-20H,1-3,5,7-9,11,15-17H2/t19-/m0/s1. The smallest absolute Gasteiger partial charge is 0.257 e. The minimum Gasteiger partial charge on any atom is -0.334 e. The van der Waals surface area contributed by atoms with Gasteiger partial charge in [0.25, 0.3) is 5.91 Å². The fraction of sp³-hybridized carbons (Fsp3) is 0.520. The zero-order chi connectivity index (χ0) is 22.5. The number of piperidine rings is 1. The van der Waals surface area contributed by atoms with Gasteiger partial charge in [0.1, 0.15) is 5.82 Å². The molecule has 7 heteroatoms. The van der Waals surface area contributed by atoms with Gasteiger partial charge in [-0.1, -0.05) is 25.3 Å². The summed E-state index contributed by atoms with van der Waals surface area (Å²) in [5.41, 5.74) is 0.372. The van der Waals surface area contributed by atoms with E-state index < -0.39 is 28.9 Å². The highest BCUT2D eigenvalue weighted by atomic mass is 19.2. The van der Waals surface area contributed by atoms with Gasteiger partial charge in [0, 0.05) is 44.1 Å². The summed E-state index contributed by atoms with van der Waals surface area (Å²) in [7, 11) is 0. The van der Waals surface area contributed by atoms with Crippen molar-refractivity contribution in [3.63, 3.8) is 0 Å². The van der Waals surface area contributed by atoms with Gasteiger partial charge in [-0.2, -0.15) is 0 Å². The van der Waals surface area contributed by atoms with Gasteiger partial charge < -0.3 is 9.80 Å². The third-order valence-electron chi connectivity index (χ3n) is 6.74. The van der Waals surface area contributed by atoms with Crippen molar-refractivity contribution < 1.29 is 18.0 Å². The van der Waals surface area contributed by atoms with Crippen molar-refractivity contribution in [2.75, 3.05) is 19.6 Å². The molecule has 4 rings (SSSR count). The molecule has 2 heterocycles. The van der Waals surface area contributed by atoms with E-state index in [1.54, 1.807) is 23.4 Å². The summed E-state index contributed by atoms with van der Waals surface area (Å²) in [4.78, 5) is 21.5. The average Bonchev–Trinajstić information content (AvgIpc) is 2.82. The van der Waals surface area contributed by atoms with E-state index in [4.69, 9.17) is 0 Å². The predicted octanol–water partition coefficient (Wildman–Crippen LogP) is 5.19. The minimum atomic E-state index is -1.30. The van der Waals surface area contributed by atoms with E-state index in [1.165, 1.54) is 32.1 Å². The molecule has 1 amide bonds. The van der Waals surface area contributed by atoms with Gasteiger partial charge in [0.05, 0.1) is 5.56 Å². The Balaban J connectivity index is 1.53. The van der Waals surface area contributed by atoms with Crippen molar-refractivity contribution in [3.05, 3.63) is 65.2 Å². The molecule has 2 aliphatic rings. The van der Waals surface area contributed by atoms with E-state index in [9.17, 15) is 18.0 Å². The Morgan fingerprint density at radius 1 is 1.03 bits per heavy atom. The van der Waals surface area contributed by atoms with Crippen molar-refractivity contribution in [3.8, 4) is 0 Å². The van der Waals surface area contributed by atoms with Crippen LogP contribution in [0.3, 0.4) is 0 Å². The molecule has 0 radical (unpaired) electrons. The summed E-state index contributed by atoms with van der Waals surface area (Å²) in [6.45, 7) is 2.66. The Morgan fingerprint density at radius 3 is 2.56 bits per heavy atom. The molecule has 1 aromatic carbocycles. The van der Waals surface area contributed by atoms with Crippen molar-refractivity contribution in [2.45, 2.75) is 57.5 Å². The number of hydrogen-bond acceptors (Lipinski definition) is 3. The summed E-state index contributed by atoms with van der Waals surface area (Å²) in [5, 5.41) is 0. The van der Waals surface area contributed by atoms with Crippen LogP contribution in [-0.2, 0) is 6.54 Å². The van der Waals surface area contributed by atoms with E-state index in [1.807, 2.05) is 6.07 Å². The van der Waals surface area contributed by atoms with Gasteiger partial charge in [0.15, 0.2) is 11.6 Å². The maximum absolute atomic E-state index is 14.4. The molecule has 1 saturated heterocycles. The van der Waals surface area contributed by atoms with Crippen molar-refractivity contribution in [1.82, 2.24) is 14.8 Å². The molecule has 0 unspecified atom stereocenters. The van der Waals surface area contributed by atoms with Crippen LogP contribution >= 0.6 is 0 Å². The number of hydrogen-bond donors (Lipinski definition) is 0. The zero-order valence-corrected chi connectivity index (χ0v) is 18.3. The molecule has 2 fully saturated rings. The largest absolute Gasteiger partial charge is 0.334 e. The monoisotopic (exact) mass is 445 g/mol. The Kier molecular flexibility index (Phi) is 7.45. The van der Waals surface area contributed by atoms with Gasteiger partial charge in [0.2, 0.25) is 0 Å². The Morgan fingerprint density at radius 2 is 1.81 bits per heavy atom. The molecule has 1 atom stereocenters. The van der Waals surface area contributed by atoms with Gasteiger partial charge in [-0.05, 0) is 55.8 Å². The Hall–Kier alpha value is -2.41.